The summed E-state index contributed by atoms with van der Waals surface area (Å²) >= 11 is 1.24. The van der Waals surface area contributed by atoms with E-state index in [1.54, 1.807) is 0 Å². The van der Waals surface area contributed by atoms with Gasteiger partial charge in [-0.2, -0.15) is 5.26 Å². The van der Waals surface area contributed by atoms with Crippen molar-refractivity contribution in [2.45, 2.75) is 0 Å². The summed E-state index contributed by atoms with van der Waals surface area (Å²) in [6.07, 6.45) is 0. The first-order valence-electron chi connectivity index (χ1n) is 1.91. The summed E-state index contributed by atoms with van der Waals surface area (Å²) in [6, 6.07) is 0. The van der Waals surface area contributed by atoms with Crippen molar-refractivity contribution in [3.8, 4) is 5.40 Å². The van der Waals surface area contributed by atoms with E-state index in [0.29, 0.717) is 0 Å². The minimum atomic E-state index is 0.727. The summed E-state index contributed by atoms with van der Waals surface area (Å²) in [6.45, 7) is 0.727. The summed E-state index contributed by atoms with van der Waals surface area (Å²) in [5.74, 6) is 0.806. The molecule has 0 fully saturated rings. The van der Waals surface area contributed by atoms with Gasteiger partial charge in [-0.15, -0.1) is 0 Å². The molecule has 7 heavy (non-hydrogen) atoms. The molecule has 0 aromatic carbocycles. The highest BCUT2D eigenvalue weighted by Crippen LogP contribution is 1.92. The standard InChI is InChI=1S/C3H7NOSSi/c4-3-6-2-1-5-7/h1-2H2,7H3. The van der Waals surface area contributed by atoms with E-state index in [0.717, 1.165) is 22.8 Å². The minimum Gasteiger partial charge on any atom is -0.427 e. The van der Waals surface area contributed by atoms with Crippen LogP contribution in [0, 0.1) is 10.7 Å². The second-order valence-corrected chi connectivity index (χ2v) is 2.39. The minimum absolute atomic E-state index is 0.727. The Morgan fingerprint density at radius 1 is 1.86 bits per heavy atom. The molecular formula is C3H7NOSSi. The van der Waals surface area contributed by atoms with E-state index in [1.165, 1.54) is 11.8 Å². The monoisotopic (exact) mass is 133 g/mol. The molecule has 0 amide bonds. The molecule has 0 aliphatic heterocycles. The summed E-state index contributed by atoms with van der Waals surface area (Å²) in [5, 5.41) is 9.92. The number of thiocyanates is 1. The van der Waals surface area contributed by atoms with Crippen molar-refractivity contribution in [2.24, 2.45) is 0 Å². The van der Waals surface area contributed by atoms with Gasteiger partial charge in [0.2, 0.25) is 0 Å². The van der Waals surface area contributed by atoms with Crippen LogP contribution in [-0.4, -0.2) is 22.8 Å². The molecule has 0 N–H and O–H groups in total. The highest BCUT2D eigenvalue weighted by molar-refractivity contribution is 8.03. The lowest BCUT2D eigenvalue weighted by molar-refractivity contribution is 0.380. The van der Waals surface area contributed by atoms with Crippen molar-refractivity contribution in [1.29, 1.82) is 5.26 Å². The van der Waals surface area contributed by atoms with Gasteiger partial charge in [0, 0.05) is 12.4 Å². The zero-order valence-electron chi connectivity index (χ0n) is 4.18. The molecule has 0 saturated heterocycles. The van der Waals surface area contributed by atoms with Crippen molar-refractivity contribution < 1.29 is 4.43 Å². The van der Waals surface area contributed by atoms with Crippen molar-refractivity contribution in [3.63, 3.8) is 0 Å². The highest BCUT2D eigenvalue weighted by atomic mass is 32.2. The zero-order chi connectivity index (χ0) is 5.54. The van der Waals surface area contributed by atoms with Crippen LogP contribution < -0.4 is 0 Å². The quantitative estimate of drug-likeness (QED) is 0.295. The summed E-state index contributed by atoms with van der Waals surface area (Å²) in [5.41, 5.74) is 0. The van der Waals surface area contributed by atoms with Gasteiger partial charge in [-0.1, -0.05) is 0 Å². The molecule has 4 heteroatoms. The molecule has 0 rings (SSSR count). The van der Waals surface area contributed by atoms with Gasteiger partial charge >= 0.3 is 0 Å². The first kappa shape index (κ1) is 7.02. The molecule has 0 unspecified atom stereocenters. The van der Waals surface area contributed by atoms with Gasteiger partial charge in [0.05, 0.1) is 0 Å². The first-order valence-corrected chi connectivity index (χ1v) is 3.72. The van der Waals surface area contributed by atoms with E-state index in [9.17, 15) is 0 Å². The van der Waals surface area contributed by atoms with Gasteiger partial charge in [-0.05, 0) is 11.8 Å². The Hall–Kier alpha value is 0.0169. The van der Waals surface area contributed by atoms with Crippen LogP contribution in [0.2, 0.25) is 0 Å². The number of hydrogen-bond donors (Lipinski definition) is 0. The van der Waals surface area contributed by atoms with E-state index >= 15 is 0 Å². The Bertz CT molecular complexity index is 71.8. The molecular weight excluding hydrogens is 126 g/mol. The molecule has 40 valence electrons. The highest BCUT2D eigenvalue weighted by Gasteiger charge is 1.79. The largest absolute Gasteiger partial charge is 0.427 e. The Labute approximate surface area is 50.4 Å². The van der Waals surface area contributed by atoms with Crippen LogP contribution in [0.3, 0.4) is 0 Å². The molecule has 0 aromatic heterocycles. The predicted molar refractivity (Wildman–Crippen MR) is 34.0 cm³/mol. The maximum absolute atomic E-state index is 7.96. The topological polar surface area (TPSA) is 33.0 Å². The molecule has 0 atom stereocenters. The third kappa shape index (κ3) is 6.02. The second kappa shape index (κ2) is 6.02. The Morgan fingerprint density at radius 2 is 2.57 bits per heavy atom. The van der Waals surface area contributed by atoms with Crippen LogP contribution in [0.15, 0.2) is 0 Å². The van der Waals surface area contributed by atoms with Crippen LogP contribution >= 0.6 is 11.8 Å². The van der Waals surface area contributed by atoms with E-state index in [4.69, 9.17) is 9.69 Å². The molecule has 2 nitrogen and oxygen atoms in total. The molecule has 0 aliphatic rings. The molecule has 0 radical (unpaired) electrons. The van der Waals surface area contributed by atoms with Crippen molar-refractivity contribution in [2.75, 3.05) is 12.4 Å². The van der Waals surface area contributed by atoms with Crippen LogP contribution in [0.5, 0.6) is 0 Å². The van der Waals surface area contributed by atoms with Crippen molar-refractivity contribution >= 4 is 22.2 Å². The van der Waals surface area contributed by atoms with Gasteiger partial charge < -0.3 is 4.43 Å². The number of hydrogen-bond acceptors (Lipinski definition) is 3. The summed E-state index contributed by atoms with van der Waals surface area (Å²) in [7, 11) is 0.783. The average molecular weight is 133 g/mol. The molecule has 0 bridgehead atoms. The maximum Gasteiger partial charge on any atom is 0.146 e. The van der Waals surface area contributed by atoms with Crippen LogP contribution in [0.1, 0.15) is 0 Å². The van der Waals surface area contributed by atoms with Gasteiger partial charge in [-0.25, -0.2) is 0 Å². The third-order valence-corrected chi connectivity index (χ3v) is 1.36. The first-order chi connectivity index (χ1) is 3.41. The average Bonchev–Trinajstić information content (AvgIpc) is 1.69. The van der Waals surface area contributed by atoms with Crippen LogP contribution in [-0.2, 0) is 4.43 Å². The van der Waals surface area contributed by atoms with Gasteiger partial charge in [0.15, 0.2) is 0 Å². The van der Waals surface area contributed by atoms with Crippen molar-refractivity contribution in [1.82, 2.24) is 0 Å². The predicted octanol–water partition coefficient (Wildman–Crippen LogP) is -0.502. The Morgan fingerprint density at radius 3 is 3.00 bits per heavy atom. The fraction of sp³-hybridized carbons (Fsp3) is 0.667. The van der Waals surface area contributed by atoms with Gasteiger partial charge in [0.1, 0.15) is 15.9 Å². The number of rotatable bonds is 3. The fourth-order valence-electron chi connectivity index (χ4n) is 0.171. The lowest BCUT2D eigenvalue weighted by Gasteiger charge is -1.88. The van der Waals surface area contributed by atoms with Crippen molar-refractivity contribution in [3.05, 3.63) is 0 Å². The van der Waals surface area contributed by atoms with E-state index in [1.807, 2.05) is 5.40 Å². The van der Waals surface area contributed by atoms with E-state index in [2.05, 4.69) is 0 Å². The van der Waals surface area contributed by atoms with E-state index < -0.39 is 0 Å². The van der Waals surface area contributed by atoms with Crippen LogP contribution in [0.4, 0.5) is 0 Å². The lowest BCUT2D eigenvalue weighted by atomic mass is 10.9. The van der Waals surface area contributed by atoms with E-state index in [-0.39, 0.29) is 0 Å². The smallest absolute Gasteiger partial charge is 0.146 e. The molecule has 0 spiro atoms. The summed E-state index contributed by atoms with van der Waals surface area (Å²) < 4.78 is 4.81. The number of nitriles is 1. The van der Waals surface area contributed by atoms with Crippen LogP contribution in [0.25, 0.3) is 0 Å². The second-order valence-electron chi connectivity index (χ2n) is 0.933. The third-order valence-electron chi connectivity index (χ3n) is 0.454. The fourth-order valence-corrected chi connectivity index (χ4v) is 1.01. The normalized spacial score (nSPS) is 8.43. The zero-order valence-corrected chi connectivity index (χ0v) is 6.99. The maximum atomic E-state index is 7.96. The van der Waals surface area contributed by atoms with Gasteiger partial charge in [-0.3, -0.25) is 0 Å². The Balaban J connectivity index is 2.60. The summed E-state index contributed by atoms with van der Waals surface area (Å²) in [4.78, 5) is 0. The molecule has 0 saturated carbocycles. The lowest BCUT2D eigenvalue weighted by Crippen LogP contribution is -1.90. The molecule has 0 aromatic rings. The van der Waals surface area contributed by atoms with Gasteiger partial charge in [0.25, 0.3) is 0 Å². The molecule has 0 aliphatic carbocycles. The SMILES string of the molecule is N#CSCCO[SiH3]. The number of thioether (sulfide) groups is 1. The molecule has 0 heterocycles. The Kier molecular flexibility index (Phi) is 6.03. The number of nitrogens with zero attached hydrogens (tertiary/aromatic N) is 1.